The van der Waals surface area contributed by atoms with Crippen LogP contribution in [0.2, 0.25) is 0 Å². The summed E-state index contributed by atoms with van der Waals surface area (Å²) in [5.74, 6) is -0.766. The number of carbonyl (C=O) groups excluding carboxylic acids is 1. The lowest BCUT2D eigenvalue weighted by Crippen LogP contribution is -2.31. The summed E-state index contributed by atoms with van der Waals surface area (Å²) >= 11 is 3.59. The predicted molar refractivity (Wildman–Crippen MR) is 42.4 cm³/mol. The van der Waals surface area contributed by atoms with Crippen LogP contribution in [0.4, 0.5) is 0 Å². The first-order chi connectivity index (χ1) is 4.98. The number of hydrogen-bond donors (Lipinski definition) is 2. The van der Waals surface area contributed by atoms with E-state index in [0.717, 1.165) is 0 Å². The predicted octanol–water partition coefficient (Wildman–Crippen LogP) is -0.186. The van der Waals surface area contributed by atoms with Crippen LogP contribution in [0.25, 0.3) is 0 Å². The normalized spacial score (nSPS) is 15.6. The Balaban J connectivity index is 3.54. The molecule has 0 aliphatic rings. The molecule has 0 spiro atoms. The standard InChI is InChI=1S/C6H12O4S/c1-6(8,11)5(7)10-4-3-9-2/h8,11H,3-4H2,1-2H3. The molecule has 5 heteroatoms. The van der Waals surface area contributed by atoms with Crippen LogP contribution in [-0.4, -0.2) is 36.3 Å². The average Bonchev–Trinajstić information content (AvgIpc) is 1.86. The molecule has 0 aliphatic carbocycles. The lowest BCUT2D eigenvalue weighted by Gasteiger charge is -2.13. The Hall–Kier alpha value is -0.260. The Morgan fingerprint density at radius 2 is 2.18 bits per heavy atom. The van der Waals surface area contributed by atoms with Crippen LogP contribution in [0.15, 0.2) is 0 Å². The van der Waals surface area contributed by atoms with Gasteiger partial charge in [0.25, 0.3) is 0 Å². The minimum Gasteiger partial charge on any atom is -0.460 e. The molecule has 0 aromatic carbocycles. The average molecular weight is 180 g/mol. The number of rotatable bonds is 4. The maximum Gasteiger partial charge on any atom is 0.348 e. The Bertz CT molecular complexity index is 129. The molecule has 0 fully saturated rings. The Kier molecular flexibility index (Phi) is 4.48. The fraction of sp³-hybridized carbons (Fsp3) is 0.833. The van der Waals surface area contributed by atoms with Gasteiger partial charge < -0.3 is 14.6 Å². The molecule has 4 nitrogen and oxygen atoms in total. The summed E-state index contributed by atoms with van der Waals surface area (Å²) in [6.07, 6.45) is 0. The van der Waals surface area contributed by atoms with Gasteiger partial charge in [-0.05, 0) is 6.92 Å². The summed E-state index contributed by atoms with van der Waals surface area (Å²) in [4.78, 5) is 9.02. The third-order valence-corrected chi connectivity index (χ3v) is 1.09. The molecule has 0 saturated heterocycles. The quantitative estimate of drug-likeness (QED) is 0.272. The van der Waals surface area contributed by atoms with E-state index in [-0.39, 0.29) is 6.61 Å². The molecule has 0 aromatic heterocycles. The van der Waals surface area contributed by atoms with Gasteiger partial charge in [0.15, 0.2) is 0 Å². The van der Waals surface area contributed by atoms with Crippen LogP contribution in [0.3, 0.4) is 0 Å². The molecule has 1 unspecified atom stereocenters. The van der Waals surface area contributed by atoms with Gasteiger partial charge in [0.2, 0.25) is 4.93 Å². The van der Waals surface area contributed by atoms with Crippen molar-refractivity contribution in [3.8, 4) is 0 Å². The first kappa shape index (κ1) is 10.7. The smallest absolute Gasteiger partial charge is 0.348 e. The van der Waals surface area contributed by atoms with E-state index in [1.54, 1.807) is 0 Å². The molecule has 0 aliphatic heterocycles. The third kappa shape index (κ3) is 5.06. The van der Waals surface area contributed by atoms with E-state index >= 15 is 0 Å². The molecule has 0 amide bonds. The Morgan fingerprint density at radius 1 is 1.64 bits per heavy atom. The number of ether oxygens (including phenoxy) is 2. The van der Waals surface area contributed by atoms with E-state index in [1.807, 2.05) is 0 Å². The second-order valence-electron chi connectivity index (χ2n) is 2.15. The van der Waals surface area contributed by atoms with Gasteiger partial charge in [-0.2, -0.15) is 0 Å². The fourth-order valence-electron chi connectivity index (χ4n) is 0.354. The molecule has 0 radical (unpaired) electrons. The van der Waals surface area contributed by atoms with E-state index in [0.29, 0.717) is 6.61 Å². The Labute approximate surface area is 70.9 Å². The van der Waals surface area contributed by atoms with Gasteiger partial charge in [0.05, 0.1) is 6.61 Å². The highest BCUT2D eigenvalue weighted by Gasteiger charge is 2.26. The van der Waals surface area contributed by atoms with Crippen molar-refractivity contribution in [2.24, 2.45) is 0 Å². The van der Waals surface area contributed by atoms with Crippen LogP contribution < -0.4 is 0 Å². The van der Waals surface area contributed by atoms with Crippen LogP contribution in [-0.2, 0) is 14.3 Å². The summed E-state index contributed by atoms with van der Waals surface area (Å²) in [6.45, 7) is 1.69. The molecule has 1 N–H and O–H groups in total. The van der Waals surface area contributed by atoms with Crippen molar-refractivity contribution in [2.45, 2.75) is 11.9 Å². The highest BCUT2D eigenvalue weighted by atomic mass is 32.1. The summed E-state index contributed by atoms with van der Waals surface area (Å²) in [7, 11) is 1.49. The number of carbonyl (C=O) groups is 1. The molecule has 0 bridgehead atoms. The molecule has 0 heterocycles. The lowest BCUT2D eigenvalue weighted by molar-refractivity contribution is -0.156. The molecular weight excluding hydrogens is 168 g/mol. The largest absolute Gasteiger partial charge is 0.460 e. The van der Waals surface area contributed by atoms with Gasteiger partial charge in [0.1, 0.15) is 6.61 Å². The van der Waals surface area contributed by atoms with Gasteiger partial charge in [0, 0.05) is 7.11 Å². The van der Waals surface area contributed by atoms with Crippen molar-refractivity contribution in [2.75, 3.05) is 20.3 Å². The first-order valence-electron chi connectivity index (χ1n) is 3.09. The topological polar surface area (TPSA) is 55.8 Å². The van der Waals surface area contributed by atoms with Gasteiger partial charge >= 0.3 is 5.97 Å². The summed E-state index contributed by atoms with van der Waals surface area (Å²) < 4.78 is 9.18. The van der Waals surface area contributed by atoms with Gasteiger partial charge in [-0.3, -0.25) is 0 Å². The number of hydrogen-bond acceptors (Lipinski definition) is 5. The minimum absolute atomic E-state index is 0.131. The summed E-state index contributed by atoms with van der Waals surface area (Å²) in [6, 6.07) is 0. The molecule has 66 valence electrons. The number of aliphatic hydroxyl groups is 1. The third-order valence-electron chi connectivity index (χ3n) is 0.907. The molecule has 0 rings (SSSR count). The zero-order valence-corrected chi connectivity index (χ0v) is 7.43. The minimum atomic E-state index is -1.71. The van der Waals surface area contributed by atoms with E-state index in [2.05, 4.69) is 22.1 Å². The molecule has 0 aromatic rings. The summed E-state index contributed by atoms with van der Waals surface area (Å²) in [5, 5.41) is 8.93. The van der Waals surface area contributed by atoms with E-state index < -0.39 is 10.9 Å². The van der Waals surface area contributed by atoms with Crippen LogP contribution in [0, 0.1) is 0 Å². The Morgan fingerprint density at radius 3 is 2.55 bits per heavy atom. The van der Waals surface area contributed by atoms with Crippen molar-refractivity contribution in [1.29, 1.82) is 0 Å². The van der Waals surface area contributed by atoms with E-state index in [1.165, 1.54) is 14.0 Å². The van der Waals surface area contributed by atoms with Gasteiger partial charge in [-0.25, -0.2) is 4.79 Å². The fourth-order valence-corrected chi connectivity index (χ4v) is 0.419. The highest BCUT2D eigenvalue weighted by molar-refractivity contribution is 7.82. The van der Waals surface area contributed by atoms with Crippen molar-refractivity contribution in [1.82, 2.24) is 0 Å². The van der Waals surface area contributed by atoms with Crippen molar-refractivity contribution in [3.05, 3.63) is 0 Å². The van der Waals surface area contributed by atoms with Gasteiger partial charge in [-0.1, -0.05) is 0 Å². The van der Waals surface area contributed by atoms with Crippen LogP contribution in [0.1, 0.15) is 6.92 Å². The summed E-state index contributed by atoms with van der Waals surface area (Å²) in [5.41, 5.74) is 0. The van der Waals surface area contributed by atoms with Crippen molar-refractivity contribution < 1.29 is 19.4 Å². The maximum absolute atomic E-state index is 10.7. The number of esters is 1. The van der Waals surface area contributed by atoms with E-state index in [9.17, 15) is 4.79 Å². The van der Waals surface area contributed by atoms with Crippen molar-refractivity contribution in [3.63, 3.8) is 0 Å². The molecule has 0 saturated carbocycles. The number of methoxy groups -OCH3 is 1. The molecule has 11 heavy (non-hydrogen) atoms. The molecule has 1 atom stereocenters. The second-order valence-corrected chi connectivity index (χ2v) is 3.02. The van der Waals surface area contributed by atoms with E-state index in [4.69, 9.17) is 5.11 Å². The molecular formula is C6H12O4S. The van der Waals surface area contributed by atoms with Crippen LogP contribution >= 0.6 is 12.6 Å². The highest BCUT2D eigenvalue weighted by Crippen LogP contribution is 2.09. The number of thiol groups is 1. The first-order valence-corrected chi connectivity index (χ1v) is 3.54. The maximum atomic E-state index is 10.7. The zero-order valence-electron chi connectivity index (χ0n) is 6.53. The zero-order chi connectivity index (χ0) is 8.91. The second kappa shape index (κ2) is 4.58. The SMILES string of the molecule is COCCOC(=O)C(C)(O)S. The van der Waals surface area contributed by atoms with Crippen LogP contribution in [0.5, 0.6) is 0 Å². The lowest BCUT2D eigenvalue weighted by atomic mass is 10.4. The van der Waals surface area contributed by atoms with Gasteiger partial charge in [-0.15, -0.1) is 12.6 Å². The monoisotopic (exact) mass is 180 g/mol. The van der Waals surface area contributed by atoms with Crippen molar-refractivity contribution >= 4 is 18.6 Å².